The van der Waals surface area contributed by atoms with Crippen LogP contribution in [0.1, 0.15) is 45.0 Å². The smallest absolute Gasteiger partial charge is 0.195 e. The van der Waals surface area contributed by atoms with Gasteiger partial charge in [0, 0.05) is 17.7 Å². The molecular weight excluding hydrogens is 238 g/mol. The summed E-state index contributed by atoms with van der Waals surface area (Å²) in [5.41, 5.74) is 0. The van der Waals surface area contributed by atoms with Crippen molar-refractivity contribution in [2.75, 3.05) is 5.75 Å². The molecule has 1 aromatic rings. The van der Waals surface area contributed by atoms with Crippen LogP contribution in [0.15, 0.2) is 0 Å². The molecule has 5 heteroatoms. The van der Waals surface area contributed by atoms with Gasteiger partial charge in [-0.2, -0.15) is 16.9 Å². The number of hydrogen-bond donors (Lipinski definition) is 1. The van der Waals surface area contributed by atoms with E-state index in [0.717, 1.165) is 22.3 Å². The van der Waals surface area contributed by atoms with Crippen molar-refractivity contribution in [1.29, 1.82) is 0 Å². The second-order valence-corrected chi connectivity index (χ2v) is 6.06. The Morgan fingerprint density at radius 3 is 3.00 bits per heavy atom. The summed E-state index contributed by atoms with van der Waals surface area (Å²) in [6, 6.07) is 0.561. The van der Waals surface area contributed by atoms with Crippen molar-refractivity contribution in [3.63, 3.8) is 0 Å². The van der Waals surface area contributed by atoms with Gasteiger partial charge in [-0.25, -0.2) is 0 Å². The van der Waals surface area contributed by atoms with Crippen LogP contribution < -0.4 is 0 Å². The molecule has 0 radical (unpaired) electrons. The van der Waals surface area contributed by atoms with Crippen molar-refractivity contribution in [3.8, 4) is 0 Å². The van der Waals surface area contributed by atoms with Gasteiger partial charge in [0.15, 0.2) is 4.77 Å². The lowest BCUT2D eigenvalue weighted by atomic mass is 10.2. The van der Waals surface area contributed by atoms with Crippen LogP contribution in [-0.4, -0.2) is 25.8 Å². The van der Waals surface area contributed by atoms with Crippen LogP contribution in [0.3, 0.4) is 0 Å². The Labute approximate surface area is 106 Å². The second-order valence-electron chi connectivity index (χ2n) is 4.16. The SMILES string of the molecule is CCSC1CCCC1n1c(CC)n[nH]c1=S. The normalized spacial score (nSPS) is 25.1. The molecular formula is C11H19N3S2. The minimum atomic E-state index is 0.561. The maximum absolute atomic E-state index is 5.35. The summed E-state index contributed by atoms with van der Waals surface area (Å²) in [6.45, 7) is 4.37. The maximum Gasteiger partial charge on any atom is 0.195 e. The molecule has 1 aliphatic carbocycles. The predicted molar refractivity (Wildman–Crippen MR) is 71.6 cm³/mol. The third-order valence-electron chi connectivity index (χ3n) is 3.22. The Morgan fingerprint density at radius 1 is 1.50 bits per heavy atom. The first-order valence-electron chi connectivity index (χ1n) is 6.05. The lowest BCUT2D eigenvalue weighted by molar-refractivity contribution is 0.502. The highest BCUT2D eigenvalue weighted by molar-refractivity contribution is 7.99. The number of H-pyrrole nitrogens is 1. The zero-order valence-corrected chi connectivity index (χ0v) is 11.5. The standard InChI is InChI=1S/C11H19N3S2/c1-3-10-12-13-11(15)14(10)8-6-5-7-9(8)16-4-2/h8-9H,3-7H2,1-2H3,(H,13,15). The van der Waals surface area contributed by atoms with Gasteiger partial charge in [-0.05, 0) is 30.8 Å². The van der Waals surface area contributed by atoms with Gasteiger partial charge in [-0.1, -0.05) is 20.3 Å². The lowest BCUT2D eigenvalue weighted by Gasteiger charge is -2.21. The van der Waals surface area contributed by atoms with E-state index in [-0.39, 0.29) is 0 Å². The maximum atomic E-state index is 5.35. The molecule has 1 saturated carbocycles. The molecule has 2 unspecified atom stereocenters. The third-order valence-corrected chi connectivity index (χ3v) is 4.82. The molecule has 1 aliphatic rings. The van der Waals surface area contributed by atoms with Gasteiger partial charge >= 0.3 is 0 Å². The summed E-state index contributed by atoms with van der Waals surface area (Å²) in [7, 11) is 0. The largest absolute Gasteiger partial charge is 0.300 e. The minimum Gasteiger partial charge on any atom is -0.300 e. The third kappa shape index (κ3) is 2.20. The Kier molecular flexibility index (Phi) is 4.08. The van der Waals surface area contributed by atoms with Crippen LogP contribution in [-0.2, 0) is 6.42 Å². The molecule has 90 valence electrons. The Morgan fingerprint density at radius 2 is 2.31 bits per heavy atom. The number of nitrogens with one attached hydrogen (secondary N) is 1. The monoisotopic (exact) mass is 257 g/mol. The Bertz CT molecular complexity index is 396. The van der Waals surface area contributed by atoms with Crippen LogP contribution in [0.5, 0.6) is 0 Å². The predicted octanol–water partition coefficient (Wildman–Crippen LogP) is 3.35. The fourth-order valence-electron chi connectivity index (χ4n) is 2.54. The van der Waals surface area contributed by atoms with Crippen LogP contribution in [0.2, 0.25) is 0 Å². The number of thioether (sulfide) groups is 1. The van der Waals surface area contributed by atoms with Crippen molar-refractivity contribution in [3.05, 3.63) is 10.6 Å². The Hall–Kier alpha value is -0.290. The number of aromatic nitrogens is 3. The molecule has 1 N–H and O–H groups in total. The summed E-state index contributed by atoms with van der Waals surface area (Å²) in [6.07, 6.45) is 4.84. The van der Waals surface area contributed by atoms with E-state index in [0.29, 0.717) is 6.04 Å². The molecule has 2 rings (SSSR count). The molecule has 0 amide bonds. The zero-order chi connectivity index (χ0) is 11.5. The van der Waals surface area contributed by atoms with Crippen molar-refractivity contribution in [2.45, 2.75) is 50.8 Å². The molecule has 3 nitrogen and oxygen atoms in total. The molecule has 0 aliphatic heterocycles. The van der Waals surface area contributed by atoms with E-state index in [4.69, 9.17) is 12.2 Å². The van der Waals surface area contributed by atoms with Gasteiger partial charge < -0.3 is 0 Å². The number of aryl methyl sites for hydroxylation is 1. The first kappa shape index (κ1) is 12.2. The van der Waals surface area contributed by atoms with Gasteiger partial charge in [0.25, 0.3) is 0 Å². The van der Waals surface area contributed by atoms with Crippen LogP contribution in [0.25, 0.3) is 0 Å². The van der Waals surface area contributed by atoms with Crippen molar-refractivity contribution < 1.29 is 0 Å². The molecule has 0 saturated heterocycles. The molecule has 2 atom stereocenters. The van der Waals surface area contributed by atoms with E-state index >= 15 is 0 Å². The van der Waals surface area contributed by atoms with Gasteiger partial charge in [-0.3, -0.25) is 9.67 Å². The fourth-order valence-corrected chi connectivity index (χ4v) is 4.07. The Balaban J connectivity index is 2.28. The van der Waals surface area contributed by atoms with Crippen LogP contribution in [0.4, 0.5) is 0 Å². The molecule has 0 aromatic carbocycles. The van der Waals surface area contributed by atoms with E-state index in [1.807, 2.05) is 0 Å². The number of hydrogen-bond acceptors (Lipinski definition) is 3. The molecule has 1 heterocycles. The zero-order valence-electron chi connectivity index (χ0n) is 9.90. The number of aromatic amines is 1. The summed E-state index contributed by atoms with van der Waals surface area (Å²) in [5, 5.41) is 7.97. The number of rotatable bonds is 4. The summed E-state index contributed by atoms with van der Waals surface area (Å²) in [5.74, 6) is 2.30. The quantitative estimate of drug-likeness (QED) is 0.840. The molecule has 1 fully saturated rings. The van der Waals surface area contributed by atoms with E-state index < -0.39 is 0 Å². The van der Waals surface area contributed by atoms with Gasteiger partial charge in [0.05, 0.1) is 0 Å². The van der Waals surface area contributed by atoms with E-state index in [9.17, 15) is 0 Å². The van der Waals surface area contributed by atoms with E-state index in [1.165, 1.54) is 25.0 Å². The highest BCUT2D eigenvalue weighted by Gasteiger charge is 2.30. The summed E-state index contributed by atoms with van der Waals surface area (Å²) in [4.78, 5) is 0. The molecule has 1 aromatic heterocycles. The molecule has 0 spiro atoms. The average molecular weight is 257 g/mol. The molecule has 16 heavy (non-hydrogen) atoms. The van der Waals surface area contributed by atoms with Crippen LogP contribution in [0, 0.1) is 4.77 Å². The van der Waals surface area contributed by atoms with Crippen LogP contribution >= 0.6 is 24.0 Å². The number of nitrogens with zero attached hydrogens (tertiary/aromatic N) is 2. The van der Waals surface area contributed by atoms with Gasteiger partial charge in [0.1, 0.15) is 5.82 Å². The van der Waals surface area contributed by atoms with Crippen molar-refractivity contribution in [2.24, 2.45) is 0 Å². The molecule has 0 bridgehead atoms. The van der Waals surface area contributed by atoms with Gasteiger partial charge in [-0.15, -0.1) is 0 Å². The fraction of sp³-hybridized carbons (Fsp3) is 0.818. The first-order chi connectivity index (χ1) is 7.77. The first-order valence-corrected chi connectivity index (χ1v) is 7.51. The van der Waals surface area contributed by atoms with Crippen molar-refractivity contribution in [1.82, 2.24) is 14.8 Å². The minimum absolute atomic E-state index is 0.561. The van der Waals surface area contributed by atoms with E-state index in [2.05, 4.69) is 40.4 Å². The summed E-state index contributed by atoms with van der Waals surface area (Å²) >= 11 is 7.41. The lowest BCUT2D eigenvalue weighted by Crippen LogP contribution is -2.18. The van der Waals surface area contributed by atoms with Gasteiger partial charge in [0.2, 0.25) is 0 Å². The van der Waals surface area contributed by atoms with E-state index in [1.54, 1.807) is 0 Å². The highest BCUT2D eigenvalue weighted by atomic mass is 32.2. The second kappa shape index (κ2) is 5.36. The average Bonchev–Trinajstić information content (AvgIpc) is 2.85. The summed E-state index contributed by atoms with van der Waals surface area (Å²) < 4.78 is 3.06. The topological polar surface area (TPSA) is 33.6 Å². The highest BCUT2D eigenvalue weighted by Crippen LogP contribution is 2.38. The van der Waals surface area contributed by atoms with Crippen molar-refractivity contribution >= 4 is 24.0 Å².